The Labute approximate surface area is 177 Å². The highest BCUT2D eigenvalue weighted by atomic mass is 35.5. The van der Waals surface area contributed by atoms with Crippen LogP contribution in [0.2, 0.25) is 5.02 Å². The summed E-state index contributed by atoms with van der Waals surface area (Å²) in [7, 11) is 0. The largest absolute Gasteiger partial charge is 0.351 e. The number of benzene rings is 3. The van der Waals surface area contributed by atoms with Crippen molar-refractivity contribution >= 4 is 17.2 Å². The molecule has 0 aliphatic carbocycles. The average molecular weight is 400 g/mol. The molecule has 1 heterocycles. The molecule has 0 spiro atoms. The van der Waals surface area contributed by atoms with E-state index in [-0.39, 0.29) is 6.10 Å². The molecule has 3 heteroatoms. The van der Waals surface area contributed by atoms with Gasteiger partial charge in [-0.2, -0.15) is 5.26 Å². The van der Waals surface area contributed by atoms with Gasteiger partial charge < -0.3 is 4.74 Å². The number of ether oxygens (including phenoxy) is 1. The number of nitrogens with zero attached hydrogens (tertiary/aromatic N) is 1. The van der Waals surface area contributed by atoms with Crippen molar-refractivity contribution in [2.45, 2.75) is 32.5 Å². The zero-order valence-electron chi connectivity index (χ0n) is 16.7. The van der Waals surface area contributed by atoms with Gasteiger partial charge >= 0.3 is 0 Å². The zero-order chi connectivity index (χ0) is 20.6. The summed E-state index contributed by atoms with van der Waals surface area (Å²) in [6, 6.07) is 24.2. The number of halogens is 1. The van der Waals surface area contributed by atoms with Gasteiger partial charge in [0.2, 0.25) is 0 Å². The van der Waals surface area contributed by atoms with Crippen molar-refractivity contribution in [1.29, 1.82) is 5.26 Å². The van der Waals surface area contributed by atoms with E-state index in [1.54, 1.807) is 12.1 Å². The van der Waals surface area contributed by atoms with Crippen LogP contribution in [-0.4, -0.2) is 0 Å². The highest BCUT2D eigenvalue weighted by Crippen LogP contribution is 2.60. The molecule has 1 saturated heterocycles. The predicted molar refractivity (Wildman–Crippen MR) is 118 cm³/mol. The third-order valence-corrected chi connectivity index (χ3v) is 5.76. The third kappa shape index (κ3) is 3.60. The molecule has 1 aliphatic heterocycles. The van der Waals surface area contributed by atoms with Gasteiger partial charge in [-0.25, -0.2) is 0 Å². The normalized spacial score (nSPS) is 20.9. The van der Waals surface area contributed by atoms with Crippen molar-refractivity contribution in [3.05, 3.63) is 111 Å². The van der Waals surface area contributed by atoms with Gasteiger partial charge in [-0.05, 0) is 66.8 Å². The number of aryl methyl sites for hydroxylation is 3. The van der Waals surface area contributed by atoms with Gasteiger partial charge in [0.15, 0.2) is 0 Å². The van der Waals surface area contributed by atoms with Crippen LogP contribution < -0.4 is 0 Å². The van der Waals surface area contributed by atoms with Crippen LogP contribution in [-0.2, 0) is 10.3 Å². The molecule has 3 aromatic rings. The Morgan fingerprint density at radius 2 is 1.62 bits per heavy atom. The molecule has 0 N–H and O–H groups in total. The lowest BCUT2D eigenvalue weighted by molar-refractivity contribution is 0.335. The van der Waals surface area contributed by atoms with Crippen molar-refractivity contribution in [2.24, 2.45) is 0 Å². The van der Waals surface area contributed by atoms with Gasteiger partial charge in [-0.3, -0.25) is 0 Å². The second-order valence-electron chi connectivity index (χ2n) is 7.65. The SMILES string of the molecule is Cc1cc(C)c([C@H]2O[C@]2(/C=C(\C#N)c2ccc(Cl)cc2)c2ccccc2)c(C)c1. The Kier molecular flexibility index (Phi) is 5.04. The first-order valence-corrected chi connectivity index (χ1v) is 10.0. The smallest absolute Gasteiger partial charge is 0.144 e. The second kappa shape index (κ2) is 7.52. The van der Waals surface area contributed by atoms with E-state index in [1.165, 1.54) is 22.3 Å². The summed E-state index contributed by atoms with van der Waals surface area (Å²) in [6.45, 7) is 6.36. The standard InChI is InChI=1S/C26H22ClNO/c1-17-13-18(2)24(19(3)14-17)25-26(29-25,22-7-5-4-6-8-22)15-21(16-28)20-9-11-23(27)12-10-20/h4-15,25H,1-3H3/b21-15+/t25-,26-/m1/s1. The number of hydrogen-bond donors (Lipinski definition) is 0. The molecule has 1 aliphatic rings. The Bertz CT molecular complexity index is 1100. The maximum atomic E-state index is 9.88. The van der Waals surface area contributed by atoms with E-state index in [1.807, 2.05) is 36.4 Å². The summed E-state index contributed by atoms with van der Waals surface area (Å²) < 4.78 is 6.40. The average Bonchev–Trinajstić information content (AvgIpc) is 3.41. The van der Waals surface area contributed by atoms with E-state index in [4.69, 9.17) is 16.3 Å². The number of hydrogen-bond acceptors (Lipinski definition) is 2. The van der Waals surface area contributed by atoms with Crippen LogP contribution in [0.15, 0.2) is 72.8 Å². The summed E-state index contributed by atoms with van der Waals surface area (Å²) >= 11 is 6.02. The summed E-state index contributed by atoms with van der Waals surface area (Å²) in [5.74, 6) is 0. The molecule has 0 bridgehead atoms. The summed E-state index contributed by atoms with van der Waals surface area (Å²) in [4.78, 5) is 0. The van der Waals surface area contributed by atoms with Gasteiger partial charge in [-0.1, -0.05) is 71.8 Å². The first kappa shape index (κ1) is 19.5. The quantitative estimate of drug-likeness (QED) is 0.355. The third-order valence-electron chi connectivity index (χ3n) is 5.50. The van der Waals surface area contributed by atoms with Gasteiger partial charge in [-0.15, -0.1) is 0 Å². The van der Waals surface area contributed by atoms with Crippen LogP contribution in [0.5, 0.6) is 0 Å². The Balaban J connectivity index is 1.85. The topological polar surface area (TPSA) is 36.3 Å². The van der Waals surface area contributed by atoms with Crippen LogP contribution in [0.25, 0.3) is 5.57 Å². The monoisotopic (exact) mass is 399 g/mol. The van der Waals surface area contributed by atoms with Gasteiger partial charge in [0.25, 0.3) is 0 Å². The second-order valence-corrected chi connectivity index (χ2v) is 8.08. The van der Waals surface area contributed by atoms with Crippen LogP contribution in [0.1, 0.15) is 39.5 Å². The molecular formula is C26H22ClNO. The lowest BCUT2D eigenvalue weighted by Crippen LogP contribution is -2.09. The van der Waals surface area contributed by atoms with E-state index in [0.717, 1.165) is 11.1 Å². The fourth-order valence-electron chi connectivity index (χ4n) is 4.17. The maximum Gasteiger partial charge on any atom is 0.144 e. The molecule has 4 rings (SSSR count). The first-order valence-electron chi connectivity index (χ1n) is 9.64. The lowest BCUT2D eigenvalue weighted by Gasteiger charge is -2.14. The molecule has 29 heavy (non-hydrogen) atoms. The van der Waals surface area contributed by atoms with E-state index >= 15 is 0 Å². The van der Waals surface area contributed by atoms with Crippen molar-refractivity contribution in [2.75, 3.05) is 0 Å². The fourth-order valence-corrected chi connectivity index (χ4v) is 4.30. The van der Waals surface area contributed by atoms with Gasteiger partial charge in [0.05, 0.1) is 11.6 Å². The molecule has 1 fully saturated rings. The molecule has 0 radical (unpaired) electrons. The molecule has 0 saturated carbocycles. The summed E-state index contributed by atoms with van der Waals surface area (Å²) in [5, 5.41) is 10.5. The summed E-state index contributed by atoms with van der Waals surface area (Å²) in [6.07, 6.45) is 1.84. The lowest BCUT2D eigenvalue weighted by atomic mass is 9.85. The number of nitriles is 1. The number of allylic oxidation sites excluding steroid dienone is 1. The van der Waals surface area contributed by atoms with E-state index < -0.39 is 5.60 Å². The molecule has 0 amide bonds. The van der Waals surface area contributed by atoms with Crippen molar-refractivity contribution in [3.63, 3.8) is 0 Å². The van der Waals surface area contributed by atoms with Crippen molar-refractivity contribution in [3.8, 4) is 6.07 Å². The molecule has 0 unspecified atom stereocenters. The molecular weight excluding hydrogens is 378 g/mol. The number of epoxide rings is 1. The molecule has 0 aromatic heterocycles. The fraction of sp³-hybridized carbons (Fsp3) is 0.192. The van der Waals surface area contributed by atoms with Crippen molar-refractivity contribution < 1.29 is 4.74 Å². The molecule has 3 aromatic carbocycles. The highest BCUT2D eigenvalue weighted by molar-refractivity contribution is 6.30. The molecule has 2 atom stereocenters. The minimum absolute atomic E-state index is 0.124. The van der Waals surface area contributed by atoms with Crippen LogP contribution in [0.4, 0.5) is 0 Å². The highest BCUT2D eigenvalue weighted by Gasteiger charge is 2.58. The van der Waals surface area contributed by atoms with Crippen LogP contribution in [0, 0.1) is 32.1 Å². The predicted octanol–water partition coefficient (Wildman–Crippen LogP) is 6.84. The van der Waals surface area contributed by atoms with Crippen LogP contribution in [0.3, 0.4) is 0 Å². The zero-order valence-corrected chi connectivity index (χ0v) is 17.5. The van der Waals surface area contributed by atoms with Gasteiger partial charge in [0, 0.05) is 5.02 Å². The van der Waals surface area contributed by atoms with E-state index in [2.05, 4.69) is 51.1 Å². The van der Waals surface area contributed by atoms with Crippen molar-refractivity contribution in [1.82, 2.24) is 0 Å². The minimum Gasteiger partial charge on any atom is -0.351 e. The first-order chi connectivity index (χ1) is 13.9. The van der Waals surface area contributed by atoms with Crippen LogP contribution >= 0.6 is 11.6 Å². The van der Waals surface area contributed by atoms with Gasteiger partial charge in [0.1, 0.15) is 11.7 Å². The Morgan fingerprint density at radius 1 is 1.00 bits per heavy atom. The molecule has 2 nitrogen and oxygen atoms in total. The van der Waals surface area contributed by atoms with E-state index in [0.29, 0.717) is 10.6 Å². The Morgan fingerprint density at radius 3 is 2.21 bits per heavy atom. The maximum absolute atomic E-state index is 9.88. The summed E-state index contributed by atoms with van der Waals surface area (Å²) in [5.41, 5.74) is 6.66. The molecule has 144 valence electrons. The number of rotatable bonds is 4. The minimum atomic E-state index is -0.656. The Hall–Kier alpha value is -2.86. The van der Waals surface area contributed by atoms with E-state index in [9.17, 15) is 5.26 Å².